The molecule has 4 rings (SSSR count). The average Bonchev–Trinajstić information content (AvgIpc) is 3.43. The Bertz CT molecular complexity index is 2550. The topological polar surface area (TPSA) is 273 Å². The van der Waals surface area contributed by atoms with Crippen molar-refractivity contribution in [1.82, 2.24) is 0 Å². The van der Waals surface area contributed by atoms with Crippen LogP contribution in [-0.4, -0.2) is 111 Å². The first-order valence-electron chi connectivity index (χ1n) is 17.7. The number of allylic oxidation sites excluding steroid dienone is 8. The molecule has 0 aromatic heterocycles. The average molecular weight is 887 g/mol. The van der Waals surface area contributed by atoms with Crippen LogP contribution in [0.15, 0.2) is 93.9 Å². The van der Waals surface area contributed by atoms with Gasteiger partial charge in [0.05, 0.1) is 34.0 Å². The van der Waals surface area contributed by atoms with Crippen molar-refractivity contribution in [3.63, 3.8) is 0 Å². The van der Waals surface area contributed by atoms with Crippen molar-refractivity contribution in [2.24, 2.45) is 0 Å². The van der Waals surface area contributed by atoms with Crippen molar-refractivity contribution < 1.29 is 71.1 Å². The number of carboxylic acids is 1. The smallest absolute Gasteiger partial charge is 0.305 e. The van der Waals surface area contributed by atoms with Crippen LogP contribution in [0.4, 0.5) is 11.4 Å². The number of fused-ring (bicyclic) bond motifs is 2. The summed E-state index contributed by atoms with van der Waals surface area (Å²) in [5.74, 6) is -2.31. The summed E-state index contributed by atoms with van der Waals surface area (Å²) in [6.45, 7) is 6.93. The van der Waals surface area contributed by atoms with Crippen molar-refractivity contribution in [3.05, 3.63) is 95.3 Å². The third-order valence-corrected chi connectivity index (χ3v) is 12.9. The molecule has 58 heavy (non-hydrogen) atoms. The normalized spacial score (nSPS) is 17.8. The lowest BCUT2D eigenvalue weighted by molar-refractivity contribution is -0.432. The first-order valence-corrected chi connectivity index (χ1v) is 23.8. The summed E-state index contributed by atoms with van der Waals surface area (Å²) < 4.78 is 142. The van der Waals surface area contributed by atoms with E-state index >= 15 is 0 Å². The summed E-state index contributed by atoms with van der Waals surface area (Å²) in [6, 6.07) is 7.70. The molecule has 2 aromatic rings. The van der Waals surface area contributed by atoms with Gasteiger partial charge in [-0.1, -0.05) is 38.2 Å². The molecule has 17 nitrogen and oxygen atoms in total. The van der Waals surface area contributed by atoms with E-state index in [1.54, 1.807) is 73.6 Å². The molecule has 0 bridgehead atoms. The van der Waals surface area contributed by atoms with Crippen LogP contribution in [0, 0.1) is 0 Å². The van der Waals surface area contributed by atoms with Crippen LogP contribution >= 0.6 is 0 Å². The number of carboxylic acid groups (broad SMARTS) is 1. The van der Waals surface area contributed by atoms with Gasteiger partial charge in [-0.3, -0.25) is 18.5 Å². The quantitative estimate of drug-likeness (QED) is 0.0672. The molecule has 0 amide bonds. The van der Waals surface area contributed by atoms with Crippen LogP contribution in [0.2, 0.25) is 0 Å². The van der Waals surface area contributed by atoms with Gasteiger partial charge in [0.25, 0.3) is 30.4 Å². The second-order valence-corrected chi connectivity index (χ2v) is 20.6. The number of aliphatic carboxylic acids is 1. The molecule has 4 N–H and O–H groups in total. The van der Waals surface area contributed by atoms with Gasteiger partial charge in [0.15, 0.2) is 12.3 Å². The van der Waals surface area contributed by atoms with Crippen molar-refractivity contribution in [3.8, 4) is 0 Å². The lowest BCUT2D eigenvalue weighted by Crippen LogP contribution is -2.30. The molecule has 0 aliphatic carbocycles. The van der Waals surface area contributed by atoms with Gasteiger partial charge >= 0.3 is 5.97 Å². The predicted molar refractivity (Wildman–Crippen MR) is 213 cm³/mol. The maximum absolute atomic E-state index is 12.0. The van der Waals surface area contributed by atoms with Crippen molar-refractivity contribution in [2.45, 2.75) is 67.6 Å². The lowest BCUT2D eigenvalue weighted by atomic mass is 9.81. The van der Waals surface area contributed by atoms with Crippen molar-refractivity contribution in [2.75, 3.05) is 42.7 Å². The highest BCUT2D eigenvalue weighted by atomic mass is 32.2. The fourth-order valence-electron chi connectivity index (χ4n) is 6.91. The Morgan fingerprint density at radius 3 is 2.07 bits per heavy atom. The number of carbonyl (C=O) groups is 1. The van der Waals surface area contributed by atoms with Gasteiger partial charge in [0.1, 0.15) is 15.9 Å². The van der Waals surface area contributed by atoms with Crippen LogP contribution in [-0.2, 0) is 60.8 Å². The number of benzene rings is 2. The summed E-state index contributed by atoms with van der Waals surface area (Å²) in [7, 11) is -18.2. The minimum atomic E-state index is -4.82. The molecule has 0 radical (unpaired) electrons. The van der Waals surface area contributed by atoms with E-state index in [0.29, 0.717) is 52.3 Å². The highest BCUT2D eigenvalue weighted by Gasteiger charge is 2.45. The van der Waals surface area contributed by atoms with Crippen LogP contribution in [0.5, 0.6) is 0 Å². The van der Waals surface area contributed by atoms with E-state index < -0.39 is 73.7 Å². The van der Waals surface area contributed by atoms with Gasteiger partial charge in [-0.2, -0.15) is 29.8 Å². The van der Waals surface area contributed by atoms with Crippen LogP contribution < -0.4 is 4.90 Å². The molecule has 2 heterocycles. The van der Waals surface area contributed by atoms with E-state index in [0.717, 1.165) is 6.07 Å². The minimum absolute atomic E-state index is 0.00721. The van der Waals surface area contributed by atoms with Crippen molar-refractivity contribution >= 4 is 63.5 Å². The van der Waals surface area contributed by atoms with Gasteiger partial charge in [-0.05, 0) is 74.2 Å². The van der Waals surface area contributed by atoms with Gasteiger partial charge in [-0.25, -0.2) is 8.42 Å². The Kier molecular flexibility index (Phi) is 14.2. The summed E-state index contributed by atoms with van der Waals surface area (Å²) in [4.78, 5) is 11.7. The number of nitrogens with zero attached hydrogens (tertiary/aromatic N) is 2. The largest absolute Gasteiger partial charge is 0.744 e. The van der Waals surface area contributed by atoms with Gasteiger partial charge < -0.3 is 19.3 Å². The Morgan fingerprint density at radius 2 is 1.47 bits per heavy atom. The highest BCUT2D eigenvalue weighted by molar-refractivity contribution is 7.86. The molecule has 0 atom stereocenters. The van der Waals surface area contributed by atoms with Crippen LogP contribution in [0.25, 0.3) is 0 Å². The van der Waals surface area contributed by atoms with E-state index in [-0.39, 0.29) is 37.6 Å². The monoisotopic (exact) mass is 886 g/mol. The molecular weight excluding hydrogens is 841 g/mol. The third kappa shape index (κ3) is 11.8. The van der Waals surface area contributed by atoms with E-state index in [2.05, 4.69) is 0 Å². The number of rotatable bonds is 19. The zero-order chi connectivity index (χ0) is 43.5. The zero-order valence-corrected chi connectivity index (χ0v) is 35.4. The van der Waals surface area contributed by atoms with Crippen LogP contribution in [0.1, 0.15) is 58.1 Å². The second-order valence-electron chi connectivity index (χ2n) is 14.7. The number of hydrogen-bond donors (Lipinski definition) is 4. The molecule has 318 valence electrons. The highest BCUT2D eigenvalue weighted by Crippen LogP contribution is 2.48. The van der Waals surface area contributed by atoms with E-state index in [9.17, 15) is 56.7 Å². The minimum Gasteiger partial charge on any atom is -0.744 e. The number of hydrogen-bond acceptors (Lipinski definition) is 12. The Hall–Kier alpha value is -4.06. The molecular formula is C37H46N2O15S4. The van der Waals surface area contributed by atoms with E-state index in [4.69, 9.17) is 9.84 Å². The molecule has 0 fully saturated rings. The number of anilines is 1. The van der Waals surface area contributed by atoms with Crippen LogP contribution in [0.3, 0.4) is 0 Å². The molecule has 0 saturated carbocycles. The standard InChI is InChI=1S/C37H46N2O15S4/c1-36(2)29-24-27(57(48,49)50)13-15-31(29)38(18-22-55(42,43)44)33(36)11-5-8-26(10-7-20-54-21-17-35(40)41)9-6-12-34-37(3,4)30-25-28(58(51,52)53)14-16-32(30)39(34)19-23-56(45,46)47/h5-6,8-9,11-16,24-25H,7,10,17-23H2,1-4H3,(H4-,40,41,42,43,44,45,46,47,48,49,50,51,52,53). The molecule has 0 unspecified atom stereocenters. The molecule has 0 spiro atoms. The molecule has 21 heteroatoms. The Balaban J connectivity index is 1.76. The lowest BCUT2D eigenvalue weighted by Gasteiger charge is -2.26. The Morgan fingerprint density at radius 1 is 0.828 bits per heavy atom. The van der Waals surface area contributed by atoms with Crippen molar-refractivity contribution in [1.29, 1.82) is 0 Å². The molecule has 2 aliphatic rings. The van der Waals surface area contributed by atoms with Gasteiger partial charge in [0.2, 0.25) is 5.69 Å². The fourth-order valence-corrected chi connectivity index (χ4v) is 8.74. The molecule has 2 aromatic carbocycles. The predicted octanol–water partition coefficient (Wildman–Crippen LogP) is 3.98. The molecule has 0 saturated heterocycles. The maximum atomic E-state index is 12.0. The fraction of sp³-hybridized carbons (Fsp3) is 0.405. The van der Waals surface area contributed by atoms with E-state index in [1.807, 2.05) is 0 Å². The summed E-state index contributed by atoms with van der Waals surface area (Å²) >= 11 is 0. The Labute approximate surface area is 338 Å². The zero-order valence-electron chi connectivity index (χ0n) is 32.1. The van der Waals surface area contributed by atoms with E-state index in [1.165, 1.54) is 30.3 Å². The van der Waals surface area contributed by atoms with Gasteiger partial charge in [0, 0.05) is 47.7 Å². The molecule has 2 aliphatic heterocycles. The summed E-state index contributed by atoms with van der Waals surface area (Å²) in [6.07, 6.45) is 10.9. The summed E-state index contributed by atoms with van der Waals surface area (Å²) in [5.41, 5.74) is 1.73. The first-order chi connectivity index (χ1) is 26.6. The number of ether oxygens (including phenoxy) is 1. The first kappa shape index (κ1) is 46.6. The summed E-state index contributed by atoms with van der Waals surface area (Å²) in [5, 5.41) is 8.92. The third-order valence-electron chi connectivity index (χ3n) is 9.80. The maximum Gasteiger partial charge on any atom is 0.305 e. The van der Waals surface area contributed by atoms with Gasteiger partial charge in [-0.15, -0.1) is 0 Å². The second kappa shape index (κ2) is 17.7. The SMILES string of the molecule is CC1(C)C(/C=C/C=C(/C=C/C=C2/N(CCS(=O)(=O)O)c3ccc(S(=O)(=O)O)cc3C2(C)C)CCCOCCC(=O)O)=[N+](CCS(=O)(=O)O)c2ccc(S(=O)(=O)[O-])cc21.